The van der Waals surface area contributed by atoms with Gasteiger partial charge in [-0.05, 0) is 49.4 Å². The molecule has 2 heteroatoms. The van der Waals surface area contributed by atoms with E-state index in [0.717, 1.165) is 18.4 Å². The Balaban J connectivity index is 2.12. The van der Waals surface area contributed by atoms with E-state index in [0.29, 0.717) is 5.82 Å². The van der Waals surface area contributed by atoms with Gasteiger partial charge >= 0.3 is 0 Å². The summed E-state index contributed by atoms with van der Waals surface area (Å²) in [4.78, 5) is 4.11. The van der Waals surface area contributed by atoms with Gasteiger partial charge < -0.3 is 5.73 Å². The lowest BCUT2D eigenvalue weighted by molar-refractivity contribution is 0.942. The summed E-state index contributed by atoms with van der Waals surface area (Å²) in [6, 6.07) is 10.6. The second-order valence-corrected chi connectivity index (χ2v) is 4.48. The van der Waals surface area contributed by atoms with E-state index in [-0.39, 0.29) is 0 Å². The molecule has 88 valence electrons. The normalized spacial score (nSPS) is 10.5. The average Bonchev–Trinajstić information content (AvgIpc) is 2.32. The van der Waals surface area contributed by atoms with Gasteiger partial charge in [0.05, 0.1) is 0 Å². The molecule has 1 aromatic carbocycles. The molecule has 1 heterocycles. The predicted molar refractivity (Wildman–Crippen MR) is 72.0 cm³/mol. The summed E-state index contributed by atoms with van der Waals surface area (Å²) < 4.78 is 0. The van der Waals surface area contributed by atoms with Gasteiger partial charge in [-0.15, -0.1) is 0 Å². The van der Waals surface area contributed by atoms with Crippen molar-refractivity contribution in [1.29, 1.82) is 0 Å². The van der Waals surface area contributed by atoms with Gasteiger partial charge in [0.1, 0.15) is 5.82 Å². The molecular formula is C15H18N2. The van der Waals surface area contributed by atoms with Crippen LogP contribution in [0.15, 0.2) is 36.5 Å². The van der Waals surface area contributed by atoms with Crippen LogP contribution < -0.4 is 5.73 Å². The first kappa shape index (κ1) is 11.6. The van der Waals surface area contributed by atoms with Crippen LogP contribution in [0, 0.1) is 13.8 Å². The molecule has 17 heavy (non-hydrogen) atoms. The molecule has 2 aromatic rings. The number of hydrogen-bond donors (Lipinski definition) is 1. The van der Waals surface area contributed by atoms with Crippen molar-refractivity contribution in [2.45, 2.75) is 26.7 Å². The number of aromatic nitrogens is 1. The van der Waals surface area contributed by atoms with E-state index in [1.807, 2.05) is 12.1 Å². The minimum atomic E-state index is 0.651. The number of nitrogens with zero attached hydrogens (tertiary/aromatic N) is 1. The molecule has 0 aliphatic rings. The maximum absolute atomic E-state index is 5.84. The van der Waals surface area contributed by atoms with Crippen LogP contribution in [0.4, 0.5) is 5.82 Å². The first-order chi connectivity index (χ1) is 8.16. The fourth-order valence-corrected chi connectivity index (χ4v) is 2.00. The summed E-state index contributed by atoms with van der Waals surface area (Å²) in [5.74, 6) is 0.651. The summed E-state index contributed by atoms with van der Waals surface area (Å²) in [7, 11) is 0. The fraction of sp³-hybridized carbons (Fsp3) is 0.267. The zero-order chi connectivity index (χ0) is 12.3. The van der Waals surface area contributed by atoms with Gasteiger partial charge in [-0.3, -0.25) is 0 Å². The molecule has 0 spiro atoms. The van der Waals surface area contributed by atoms with Crippen LogP contribution in [-0.2, 0) is 12.8 Å². The highest BCUT2D eigenvalue weighted by molar-refractivity contribution is 5.39. The minimum Gasteiger partial charge on any atom is -0.383 e. The van der Waals surface area contributed by atoms with Crippen LogP contribution >= 0.6 is 0 Å². The maximum Gasteiger partial charge on any atom is 0.126 e. The third-order valence-electron chi connectivity index (χ3n) is 3.09. The molecule has 0 unspecified atom stereocenters. The van der Waals surface area contributed by atoms with Gasteiger partial charge in [-0.2, -0.15) is 0 Å². The minimum absolute atomic E-state index is 0.651. The Hall–Kier alpha value is -1.83. The van der Waals surface area contributed by atoms with Crippen LogP contribution in [0.2, 0.25) is 0 Å². The summed E-state index contributed by atoms with van der Waals surface area (Å²) in [5, 5.41) is 0. The smallest absolute Gasteiger partial charge is 0.126 e. The molecule has 2 rings (SSSR count). The molecule has 1 aromatic heterocycles. The quantitative estimate of drug-likeness (QED) is 0.873. The Labute approximate surface area is 103 Å². The van der Waals surface area contributed by atoms with Crippen molar-refractivity contribution in [3.05, 3.63) is 58.8 Å². The second-order valence-electron chi connectivity index (χ2n) is 4.48. The van der Waals surface area contributed by atoms with Gasteiger partial charge in [0, 0.05) is 6.20 Å². The van der Waals surface area contributed by atoms with Crippen LogP contribution in [0.1, 0.15) is 22.3 Å². The summed E-state index contributed by atoms with van der Waals surface area (Å²) >= 11 is 0. The zero-order valence-corrected chi connectivity index (χ0v) is 10.4. The first-order valence-corrected chi connectivity index (χ1v) is 5.92. The number of nitrogen functional groups attached to an aromatic ring is 1. The van der Waals surface area contributed by atoms with Crippen molar-refractivity contribution in [1.82, 2.24) is 4.98 Å². The van der Waals surface area contributed by atoms with E-state index in [2.05, 4.69) is 37.0 Å². The van der Waals surface area contributed by atoms with E-state index in [1.165, 1.54) is 16.7 Å². The molecule has 0 radical (unpaired) electrons. The van der Waals surface area contributed by atoms with Crippen LogP contribution in [0.25, 0.3) is 0 Å². The topological polar surface area (TPSA) is 38.9 Å². The highest BCUT2D eigenvalue weighted by Gasteiger charge is 2.02. The van der Waals surface area contributed by atoms with E-state index in [4.69, 9.17) is 5.73 Å². The van der Waals surface area contributed by atoms with Crippen LogP contribution in [0.5, 0.6) is 0 Å². The Bertz CT molecular complexity index is 518. The third kappa shape index (κ3) is 2.84. The maximum atomic E-state index is 5.84. The lowest BCUT2D eigenvalue weighted by Crippen LogP contribution is -2.00. The van der Waals surface area contributed by atoms with Crippen LogP contribution in [0.3, 0.4) is 0 Å². The summed E-state index contributed by atoms with van der Waals surface area (Å²) in [6.07, 6.45) is 3.70. The molecule has 0 aliphatic heterocycles. The standard InChI is InChI=1S/C15H18N2/c1-11-5-6-12(2)14(10-11)8-7-13-4-3-9-17-15(13)16/h3-6,9-10H,7-8H2,1-2H3,(H2,16,17). The molecule has 0 fully saturated rings. The molecule has 0 saturated heterocycles. The molecule has 0 aliphatic carbocycles. The first-order valence-electron chi connectivity index (χ1n) is 5.92. The van der Waals surface area contributed by atoms with Crippen molar-refractivity contribution in [3.8, 4) is 0 Å². The Kier molecular flexibility index (Phi) is 3.43. The predicted octanol–water partition coefficient (Wildman–Crippen LogP) is 3.07. The van der Waals surface area contributed by atoms with Gasteiger partial charge in [-0.1, -0.05) is 29.8 Å². The molecule has 0 saturated carbocycles. The fourth-order valence-electron chi connectivity index (χ4n) is 2.00. The lowest BCUT2D eigenvalue weighted by Gasteiger charge is -2.08. The molecule has 2 nitrogen and oxygen atoms in total. The number of pyridine rings is 1. The van der Waals surface area contributed by atoms with E-state index in [9.17, 15) is 0 Å². The molecule has 2 N–H and O–H groups in total. The number of benzene rings is 1. The average molecular weight is 226 g/mol. The monoisotopic (exact) mass is 226 g/mol. The number of rotatable bonds is 3. The summed E-state index contributed by atoms with van der Waals surface area (Å²) in [5.41, 5.74) is 11.0. The van der Waals surface area contributed by atoms with E-state index in [1.54, 1.807) is 6.20 Å². The zero-order valence-electron chi connectivity index (χ0n) is 10.4. The van der Waals surface area contributed by atoms with Crippen LogP contribution in [-0.4, -0.2) is 4.98 Å². The largest absolute Gasteiger partial charge is 0.383 e. The Morgan fingerprint density at radius 3 is 2.59 bits per heavy atom. The molecule has 0 atom stereocenters. The van der Waals surface area contributed by atoms with E-state index < -0.39 is 0 Å². The van der Waals surface area contributed by atoms with Crippen molar-refractivity contribution in [2.24, 2.45) is 0 Å². The third-order valence-corrected chi connectivity index (χ3v) is 3.09. The van der Waals surface area contributed by atoms with Gasteiger partial charge in [0.2, 0.25) is 0 Å². The Morgan fingerprint density at radius 2 is 1.82 bits per heavy atom. The number of aryl methyl sites for hydroxylation is 4. The van der Waals surface area contributed by atoms with Crippen molar-refractivity contribution in [2.75, 3.05) is 5.73 Å². The van der Waals surface area contributed by atoms with Gasteiger partial charge in [-0.25, -0.2) is 4.98 Å². The van der Waals surface area contributed by atoms with Gasteiger partial charge in [0.25, 0.3) is 0 Å². The van der Waals surface area contributed by atoms with Gasteiger partial charge in [0.15, 0.2) is 0 Å². The lowest BCUT2D eigenvalue weighted by atomic mass is 9.99. The number of hydrogen-bond acceptors (Lipinski definition) is 2. The molecular weight excluding hydrogens is 208 g/mol. The number of nitrogens with two attached hydrogens (primary N) is 1. The second kappa shape index (κ2) is 5.00. The Morgan fingerprint density at radius 1 is 1.06 bits per heavy atom. The van der Waals surface area contributed by atoms with E-state index >= 15 is 0 Å². The highest BCUT2D eigenvalue weighted by Crippen LogP contribution is 2.15. The SMILES string of the molecule is Cc1ccc(C)c(CCc2cccnc2N)c1. The van der Waals surface area contributed by atoms with Crippen molar-refractivity contribution in [3.63, 3.8) is 0 Å². The summed E-state index contributed by atoms with van der Waals surface area (Å²) in [6.45, 7) is 4.28. The molecule has 0 amide bonds. The molecule has 0 bridgehead atoms. The van der Waals surface area contributed by atoms with Crippen molar-refractivity contribution >= 4 is 5.82 Å². The highest BCUT2D eigenvalue weighted by atomic mass is 14.8. The van der Waals surface area contributed by atoms with Crippen molar-refractivity contribution < 1.29 is 0 Å². The number of anilines is 1.